The van der Waals surface area contributed by atoms with Crippen molar-refractivity contribution in [2.75, 3.05) is 20.2 Å². The molecule has 2 aromatic heterocycles. The Bertz CT molecular complexity index is 1010. The summed E-state index contributed by atoms with van der Waals surface area (Å²) >= 11 is 0. The first-order chi connectivity index (χ1) is 13.1. The quantitative estimate of drug-likeness (QED) is 0.661. The van der Waals surface area contributed by atoms with Gasteiger partial charge in [-0.15, -0.1) is 10.2 Å². The highest BCUT2D eigenvalue weighted by molar-refractivity contribution is 7.89. The first-order valence-corrected chi connectivity index (χ1v) is 10.0. The molecule has 0 radical (unpaired) electrons. The third-order valence-corrected chi connectivity index (χ3v) is 6.55. The van der Waals surface area contributed by atoms with Crippen molar-refractivity contribution in [1.82, 2.24) is 14.5 Å². The zero-order chi connectivity index (χ0) is 18.9. The van der Waals surface area contributed by atoms with Crippen molar-refractivity contribution in [3.8, 4) is 17.4 Å². The molecule has 0 bridgehead atoms. The Kier molecular flexibility index (Phi) is 4.71. The number of benzene rings is 1. The number of hydrogen-bond acceptors (Lipinski definition) is 7. The summed E-state index contributed by atoms with van der Waals surface area (Å²) in [6.45, 7) is 0.783. The van der Waals surface area contributed by atoms with Gasteiger partial charge in [0.1, 0.15) is 5.75 Å². The highest BCUT2D eigenvalue weighted by atomic mass is 32.2. The van der Waals surface area contributed by atoms with Crippen LogP contribution in [0.4, 0.5) is 0 Å². The number of aromatic nitrogens is 2. The average molecular weight is 389 g/mol. The second-order valence-electron chi connectivity index (χ2n) is 6.28. The van der Waals surface area contributed by atoms with E-state index in [0.717, 1.165) is 0 Å². The van der Waals surface area contributed by atoms with Crippen LogP contribution in [0.5, 0.6) is 5.75 Å². The molecule has 0 amide bonds. The molecular weight excluding hydrogens is 370 g/mol. The second kappa shape index (κ2) is 7.16. The highest BCUT2D eigenvalue weighted by Gasteiger charge is 2.32. The molecule has 0 aliphatic carbocycles. The Morgan fingerprint density at radius 3 is 2.67 bits per heavy atom. The van der Waals surface area contributed by atoms with E-state index in [0.29, 0.717) is 49.2 Å². The van der Waals surface area contributed by atoms with Gasteiger partial charge >= 0.3 is 0 Å². The Morgan fingerprint density at radius 1 is 1.15 bits per heavy atom. The number of rotatable bonds is 5. The van der Waals surface area contributed by atoms with Crippen LogP contribution in [0.3, 0.4) is 0 Å². The predicted molar refractivity (Wildman–Crippen MR) is 95.7 cm³/mol. The molecule has 4 rings (SSSR count). The minimum atomic E-state index is -3.56. The second-order valence-corrected chi connectivity index (χ2v) is 8.22. The number of methoxy groups -OCH3 is 1. The minimum Gasteiger partial charge on any atom is -0.497 e. The van der Waals surface area contributed by atoms with Gasteiger partial charge in [-0.2, -0.15) is 4.31 Å². The van der Waals surface area contributed by atoms with Crippen LogP contribution in [0.1, 0.15) is 24.7 Å². The molecule has 0 unspecified atom stereocenters. The lowest BCUT2D eigenvalue weighted by Crippen LogP contribution is -2.37. The molecule has 0 saturated carbocycles. The maximum absolute atomic E-state index is 12.9. The van der Waals surface area contributed by atoms with Crippen molar-refractivity contribution in [3.05, 3.63) is 48.6 Å². The molecule has 3 aromatic rings. The molecule has 27 heavy (non-hydrogen) atoms. The molecule has 0 spiro atoms. The third-order valence-electron chi connectivity index (χ3n) is 4.65. The van der Waals surface area contributed by atoms with Crippen LogP contribution < -0.4 is 4.74 Å². The Hall–Kier alpha value is -2.65. The van der Waals surface area contributed by atoms with Crippen LogP contribution in [-0.2, 0) is 10.0 Å². The fourth-order valence-electron chi connectivity index (χ4n) is 3.15. The highest BCUT2D eigenvalue weighted by Crippen LogP contribution is 2.32. The molecule has 1 fully saturated rings. The summed E-state index contributed by atoms with van der Waals surface area (Å²) in [5, 5.41) is 8.11. The van der Waals surface area contributed by atoms with E-state index in [1.54, 1.807) is 36.6 Å². The van der Waals surface area contributed by atoms with Crippen molar-refractivity contribution in [3.63, 3.8) is 0 Å². The van der Waals surface area contributed by atoms with E-state index in [1.165, 1.54) is 17.5 Å². The van der Waals surface area contributed by atoms with E-state index >= 15 is 0 Å². The molecule has 1 aromatic carbocycles. The van der Waals surface area contributed by atoms with Gasteiger partial charge in [0.15, 0.2) is 5.76 Å². The molecule has 3 heterocycles. The fraction of sp³-hybridized carbons (Fsp3) is 0.333. The summed E-state index contributed by atoms with van der Waals surface area (Å²) in [5.41, 5.74) is 0. The normalized spacial score (nSPS) is 16.5. The van der Waals surface area contributed by atoms with Crippen molar-refractivity contribution < 1.29 is 22.0 Å². The van der Waals surface area contributed by atoms with Gasteiger partial charge in [-0.3, -0.25) is 0 Å². The van der Waals surface area contributed by atoms with Crippen LogP contribution in [0, 0.1) is 0 Å². The Balaban J connectivity index is 1.45. The molecule has 142 valence electrons. The van der Waals surface area contributed by atoms with E-state index in [-0.39, 0.29) is 10.8 Å². The van der Waals surface area contributed by atoms with Crippen LogP contribution >= 0.6 is 0 Å². The maximum atomic E-state index is 12.9. The summed E-state index contributed by atoms with van der Waals surface area (Å²) in [7, 11) is -2.05. The number of hydrogen-bond donors (Lipinski definition) is 0. The van der Waals surface area contributed by atoms with Gasteiger partial charge < -0.3 is 13.6 Å². The van der Waals surface area contributed by atoms with Gasteiger partial charge in [0.25, 0.3) is 5.89 Å². The van der Waals surface area contributed by atoms with E-state index in [2.05, 4.69) is 10.2 Å². The van der Waals surface area contributed by atoms with Gasteiger partial charge in [-0.05, 0) is 37.1 Å². The van der Waals surface area contributed by atoms with Crippen LogP contribution in [0.25, 0.3) is 11.7 Å². The number of nitrogens with zero attached hydrogens (tertiary/aromatic N) is 3. The van der Waals surface area contributed by atoms with E-state index < -0.39 is 10.0 Å². The summed E-state index contributed by atoms with van der Waals surface area (Å²) in [6.07, 6.45) is 2.77. The zero-order valence-electron chi connectivity index (χ0n) is 14.7. The van der Waals surface area contributed by atoms with E-state index in [9.17, 15) is 8.42 Å². The van der Waals surface area contributed by atoms with Gasteiger partial charge in [-0.25, -0.2) is 8.42 Å². The van der Waals surface area contributed by atoms with Crippen LogP contribution in [0.2, 0.25) is 0 Å². The molecule has 8 nitrogen and oxygen atoms in total. The standard InChI is InChI=1S/C18H19N3O5S/c1-24-14-4-2-5-15(12-14)27(22,23)21-9-7-13(8-10-21)17-19-20-18(26-17)16-6-3-11-25-16/h2-6,11-13H,7-10H2,1H3. The van der Waals surface area contributed by atoms with E-state index in [1.807, 2.05) is 0 Å². The van der Waals surface area contributed by atoms with Gasteiger partial charge in [-0.1, -0.05) is 6.07 Å². The molecule has 9 heteroatoms. The lowest BCUT2D eigenvalue weighted by molar-refractivity contribution is 0.290. The molecule has 1 saturated heterocycles. The van der Waals surface area contributed by atoms with Gasteiger partial charge in [0.05, 0.1) is 18.3 Å². The fourth-order valence-corrected chi connectivity index (χ4v) is 4.66. The predicted octanol–water partition coefficient (Wildman–Crippen LogP) is 2.91. The SMILES string of the molecule is COc1cccc(S(=O)(=O)N2CCC(c3nnc(-c4ccco4)o3)CC2)c1. The van der Waals surface area contributed by atoms with Crippen molar-refractivity contribution in [2.24, 2.45) is 0 Å². The number of piperidine rings is 1. The first-order valence-electron chi connectivity index (χ1n) is 8.59. The van der Waals surface area contributed by atoms with Crippen LogP contribution in [-0.4, -0.2) is 43.1 Å². The third kappa shape index (κ3) is 3.47. The first kappa shape index (κ1) is 17.7. The maximum Gasteiger partial charge on any atom is 0.283 e. The van der Waals surface area contributed by atoms with Crippen molar-refractivity contribution >= 4 is 10.0 Å². The van der Waals surface area contributed by atoms with Gasteiger partial charge in [0, 0.05) is 25.1 Å². The topological polar surface area (TPSA) is 98.7 Å². The number of ether oxygens (including phenoxy) is 1. The minimum absolute atomic E-state index is 0.0259. The summed E-state index contributed by atoms with van der Waals surface area (Å²) < 4.78 is 43.3. The summed E-state index contributed by atoms with van der Waals surface area (Å²) in [4.78, 5) is 0.234. The number of sulfonamides is 1. The molecular formula is C18H19N3O5S. The largest absolute Gasteiger partial charge is 0.497 e. The lowest BCUT2D eigenvalue weighted by atomic mass is 9.98. The molecule has 1 aliphatic heterocycles. The Labute approximate surface area is 156 Å². The molecule has 1 aliphatic rings. The molecule has 0 N–H and O–H groups in total. The molecule has 0 atom stereocenters. The summed E-state index contributed by atoms with van der Waals surface area (Å²) in [6, 6.07) is 10.0. The van der Waals surface area contributed by atoms with Gasteiger partial charge in [0.2, 0.25) is 15.9 Å². The monoisotopic (exact) mass is 389 g/mol. The smallest absolute Gasteiger partial charge is 0.283 e. The summed E-state index contributed by atoms with van der Waals surface area (Å²) in [5.74, 6) is 1.91. The number of furan rings is 1. The van der Waals surface area contributed by atoms with Crippen LogP contribution in [0.15, 0.2) is 56.4 Å². The van der Waals surface area contributed by atoms with Crippen molar-refractivity contribution in [2.45, 2.75) is 23.7 Å². The van der Waals surface area contributed by atoms with E-state index in [4.69, 9.17) is 13.6 Å². The lowest BCUT2D eigenvalue weighted by Gasteiger charge is -2.29. The zero-order valence-corrected chi connectivity index (χ0v) is 15.6. The Morgan fingerprint density at radius 2 is 1.96 bits per heavy atom. The average Bonchev–Trinajstić information content (AvgIpc) is 3.40. The van der Waals surface area contributed by atoms with Crippen molar-refractivity contribution in [1.29, 1.82) is 0 Å².